The minimum absolute atomic E-state index is 0.499. The van der Waals surface area contributed by atoms with Crippen molar-refractivity contribution in [2.24, 2.45) is 0 Å². The van der Waals surface area contributed by atoms with Gasteiger partial charge in [0.25, 0.3) is 5.78 Å². The second-order valence-corrected chi connectivity index (χ2v) is 5.35. The van der Waals surface area contributed by atoms with Gasteiger partial charge in [-0.1, -0.05) is 0 Å². The van der Waals surface area contributed by atoms with E-state index in [-0.39, 0.29) is 0 Å². The maximum absolute atomic E-state index is 9.28. The van der Waals surface area contributed by atoms with Gasteiger partial charge in [0, 0.05) is 24.8 Å². The molecule has 0 atom stereocenters. The summed E-state index contributed by atoms with van der Waals surface area (Å²) in [4.78, 5) is 8.38. The summed E-state index contributed by atoms with van der Waals surface area (Å²) in [6.45, 7) is 6.79. The van der Waals surface area contributed by atoms with Crippen LogP contribution in [0.4, 0.5) is 11.6 Å². The number of nitriles is 1. The number of aryl methyl sites for hydroxylation is 2. The van der Waals surface area contributed by atoms with Crippen molar-refractivity contribution in [1.29, 1.82) is 5.26 Å². The third-order valence-corrected chi connectivity index (χ3v) is 3.67. The van der Waals surface area contributed by atoms with Gasteiger partial charge in [-0.05, 0) is 26.3 Å². The Hall–Kier alpha value is -3.28. The van der Waals surface area contributed by atoms with E-state index in [2.05, 4.69) is 42.0 Å². The van der Waals surface area contributed by atoms with Crippen molar-refractivity contribution in [3.8, 4) is 6.07 Å². The van der Waals surface area contributed by atoms with Crippen LogP contribution in [0.15, 0.2) is 12.4 Å². The van der Waals surface area contributed by atoms with Crippen molar-refractivity contribution in [3.05, 3.63) is 34.9 Å². The predicted octanol–water partition coefficient (Wildman–Crippen LogP) is 1.24. The molecule has 3 heterocycles. The first kappa shape index (κ1) is 15.6. The Kier molecular flexibility index (Phi) is 4.20. The number of rotatable bonds is 5. The first-order chi connectivity index (χ1) is 11.6. The van der Waals surface area contributed by atoms with Crippen LogP contribution in [0, 0.1) is 32.1 Å². The lowest BCUT2D eigenvalue weighted by Crippen LogP contribution is -2.18. The first-order valence-electron chi connectivity index (χ1n) is 7.49. The van der Waals surface area contributed by atoms with E-state index in [1.54, 1.807) is 4.52 Å². The molecule has 0 aliphatic carbocycles. The Bertz CT molecular complexity index is 923. The summed E-state index contributed by atoms with van der Waals surface area (Å²) in [5.74, 6) is 1.86. The molecule has 0 amide bonds. The highest BCUT2D eigenvalue weighted by Gasteiger charge is 2.10. The quantitative estimate of drug-likeness (QED) is 0.673. The lowest BCUT2D eigenvalue weighted by Gasteiger charge is -2.11. The van der Waals surface area contributed by atoms with Gasteiger partial charge in [0.05, 0.1) is 5.69 Å². The lowest BCUT2D eigenvalue weighted by molar-refractivity contribution is 0.907. The van der Waals surface area contributed by atoms with Gasteiger partial charge in [0.2, 0.25) is 0 Å². The van der Waals surface area contributed by atoms with Gasteiger partial charge in [0.15, 0.2) is 5.82 Å². The van der Waals surface area contributed by atoms with Crippen LogP contribution >= 0.6 is 0 Å². The molecular weight excluding hydrogens is 306 g/mol. The Morgan fingerprint density at radius 3 is 2.75 bits per heavy atom. The maximum Gasteiger partial charge on any atom is 0.254 e. The van der Waals surface area contributed by atoms with Crippen molar-refractivity contribution in [3.63, 3.8) is 0 Å². The highest BCUT2D eigenvalue weighted by molar-refractivity contribution is 5.56. The highest BCUT2D eigenvalue weighted by Crippen LogP contribution is 2.16. The van der Waals surface area contributed by atoms with Gasteiger partial charge in [-0.25, -0.2) is 4.98 Å². The number of nitrogens with zero attached hydrogens (tertiary/aromatic N) is 7. The molecule has 0 aliphatic heterocycles. The van der Waals surface area contributed by atoms with Crippen molar-refractivity contribution in [1.82, 2.24) is 29.8 Å². The van der Waals surface area contributed by atoms with Crippen molar-refractivity contribution < 1.29 is 0 Å². The average Bonchev–Trinajstić information content (AvgIpc) is 3.03. The van der Waals surface area contributed by atoms with Crippen molar-refractivity contribution >= 4 is 17.4 Å². The van der Waals surface area contributed by atoms with Crippen LogP contribution in [0.3, 0.4) is 0 Å². The molecular formula is C15H17N9. The second-order valence-electron chi connectivity index (χ2n) is 5.35. The standard InChI is InChI=1S/C15H17N9/c1-9-6-13(24-15(21-9)19-8-20-24)17-4-5-18-14-12(7-16)10(2)11(3)22-23-14/h6,8,17H,4-5H2,1-3H3,(H,18,23). The van der Waals surface area contributed by atoms with Crippen molar-refractivity contribution in [2.45, 2.75) is 20.8 Å². The van der Waals surface area contributed by atoms with Crippen LogP contribution < -0.4 is 10.6 Å². The summed E-state index contributed by atoms with van der Waals surface area (Å²) in [6, 6.07) is 4.08. The van der Waals surface area contributed by atoms with E-state index in [4.69, 9.17) is 0 Å². The fraction of sp³-hybridized carbons (Fsp3) is 0.333. The summed E-state index contributed by atoms with van der Waals surface area (Å²) >= 11 is 0. The molecule has 0 bridgehead atoms. The Morgan fingerprint density at radius 1 is 1.17 bits per heavy atom. The molecule has 0 saturated carbocycles. The van der Waals surface area contributed by atoms with E-state index in [1.807, 2.05) is 26.8 Å². The number of hydrogen-bond acceptors (Lipinski definition) is 8. The molecule has 9 heteroatoms. The zero-order chi connectivity index (χ0) is 17.1. The lowest BCUT2D eigenvalue weighted by atomic mass is 10.1. The highest BCUT2D eigenvalue weighted by atomic mass is 15.4. The average molecular weight is 323 g/mol. The number of hydrogen-bond donors (Lipinski definition) is 2. The zero-order valence-electron chi connectivity index (χ0n) is 13.7. The van der Waals surface area contributed by atoms with Gasteiger partial charge in [0.1, 0.15) is 23.8 Å². The summed E-state index contributed by atoms with van der Waals surface area (Å²) in [6.07, 6.45) is 1.47. The first-order valence-corrected chi connectivity index (χ1v) is 7.49. The van der Waals surface area contributed by atoms with Gasteiger partial charge in [-0.3, -0.25) is 0 Å². The van der Waals surface area contributed by atoms with Gasteiger partial charge in [-0.2, -0.15) is 25.0 Å². The summed E-state index contributed by atoms with van der Waals surface area (Å²) in [7, 11) is 0. The zero-order valence-corrected chi connectivity index (χ0v) is 13.7. The van der Waals surface area contributed by atoms with Crippen LogP contribution in [-0.2, 0) is 0 Å². The summed E-state index contributed by atoms with van der Waals surface area (Å²) < 4.78 is 1.64. The van der Waals surface area contributed by atoms with Crippen LogP contribution in [0.2, 0.25) is 0 Å². The third-order valence-electron chi connectivity index (χ3n) is 3.67. The maximum atomic E-state index is 9.28. The molecule has 0 fully saturated rings. The number of fused-ring (bicyclic) bond motifs is 1. The molecule has 0 spiro atoms. The Labute approximate surface area is 138 Å². The summed E-state index contributed by atoms with van der Waals surface area (Å²) in [5.41, 5.74) is 2.99. The number of anilines is 2. The number of nitrogens with one attached hydrogen (secondary N) is 2. The minimum atomic E-state index is 0.499. The molecule has 122 valence electrons. The molecule has 9 nitrogen and oxygen atoms in total. The Morgan fingerprint density at radius 2 is 1.96 bits per heavy atom. The SMILES string of the molecule is Cc1cc(NCCNc2nnc(C)c(C)c2C#N)n2ncnc2n1. The van der Waals surface area contributed by atoms with Gasteiger partial charge in [-0.15, -0.1) is 5.10 Å². The monoisotopic (exact) mass is 323 g/mol. The van der Waals surface area contributed by atoms with E-state index in [0.717, 1.165) is 22.8 Å². The molecule has 24 heavy (non-hydrogen) atoms. The fourth-order valence-electron chi connectivity index (χ4n) is 2.30. The molecule has 3 aromatic heterocycles. The van der Waals surface area contributed by atoms with Crippen LogP contribution in [0.5, 0.6) is 0 Å². The molecule has 0 unspecified atom stereocenters. The molecule has 2 N–H and O–H groups in total. The van der Waals surface area contributed by atoms with E-state index in [0.29, 0.717) is 30.2 Å². The van der Waals surface area contributed by atoms with E-state index in [1.165, 1.54) is 6.33 Å². The van der Waals surface area contributed by atoms with E-state index in [9.17, 15) is 5.26 Å². The second kappa shape index (κ2) is 6.45. The van der Waals surface area contributed by atoms with Crippen LogP contribution in [0.25, 0.3) is 5.78 Å². The molecule has 0 aliphatic rings. The topological polar surface area (TPSA) is 117 Å². The molecule has 0 aromatic carbocycles. The smallest absolute Gasteiger partial charge is 0.254 e. The van der Waals surface area contributed by atoms with Gasteiger partial charge >= 0.3 is 0 Å². The van der Waals surface area contributed by atoms with Crippen molar-refractivity contribution in [2.75, 3.05) is 23.7 Å². The fourth-order valence-corrected chi connectivity index (χ4v) is 2.30. The van der Waals surface area contributed by atoms with Crippen LogP contribution in [0.1, 0.15) is 22.5 Å². The van der Waals surface area contributed by atoms with Crippen LogP contribution in [-0.4, -0.2) is 42.9 Å². The molecule has 0 radical (unpaired) electrons. The predicted molar refractivity (Wildman–Crippen MR) is 88.7 cm³/mol. The largest absolute Gasteiger partial charge is 0.368 e. The molecule has 3 rings (SSSR count). The number of aromatic nitrogens is 6. The molecule has 3 aromatic rings. The van der Waals surface area contributed by atoms with E-state index >= 15 is 0 Å². The minimum Gasteiger partial charge on any atom is -0.368 e. The summed E-state index contributed by atoms with van der Waals surface area (Å²) in [5, 5.41) is 28.0. The van der Waals surface area contributed by atoms with E-state index < -0.39 is 0 Å². The van der Waals surface area contributed by atoms with Gasteiger partial charge < -0.3 is 10.6 Å². The third kappa shape index (κ3) is 2.94. The normalized spacial score (nSPS) is 10.6. The Balaban J connectivity index is 1.66. The molecule has 0 saturated heterocycles.